The second-order valence-electron chi connectivity index (χ2n) is 5.72. The predicted octanol–water partition coefficient (Wildman–Crippen LogP) is 3.84. The number of hydrogen-bond donors (Lipinski definition) is 2. The van der Waals surface area contributed by atoms with Gasteiger partial charge < -0.3 is 9.84 Å². The molecule has 5 nitrogen and oxygen atoms in total. The highest BCUT2D eigenvalue weighted by molar-refractivity contribution is 7.85. The summed E-state index contributed by atoms with van der Waals surface area (Å²) in [7, 11) is -4.02. The van der Waals surface area contributed by atoms with Gasteiger partial charge in [0.15, 0.2) is 0 Å². The van der Waals surface area contributed by atoms with E-state index in [-0.39, 0.29) is 11.5 Å². The number of hydrogen-bond acceptors (Lipinski definition) is 4. The van der Waals surface area contributed by atoms with Crippen molar-refractivity contribution in [3.8, 4) is 5.75 Å². The van der Waals surface area contributed by atoms with Gasteiger partial charge in [-0.05, 0) is 42.0 Å². The number of aliphatic hydroxyl groups excluding tert-OH is 1. The van der Waals surface area contributed by atoms with E-state index in [1.807, 2.05) is 37.3 Å². The van der Waals surface area contributed by atoms with Crippen LogP contribution in [0, 0.1) is 6.92 Å². The lowest BCUT2D eigenvalue weighted by Gasteiger charge is -2.06. The van der Waals surface area contributed by atoms with Gasteiger partial charge in [-0.1, -0.05) is 48.0 Å². The van der Waals surface area contributed by atoms with Crippen molar-refractivity contribution in [1.82, 2.24) is 0 Å². The Bertz CT molecular complexity index is 934. The van der Waals surface area contributed by atoms with E-state index >= 15 is 0 Å². The zero-order chi connectivity index (χ0) is 19.0. The first kappa shape index (κ1) is 19.9. The second-order valence-corrected chi connectivity index (χ2v) is 7.14. The Labute approximate surface area is 153 Å². The average molecular weight is 374 g/mol. The fraction of sp³-hybridized carbons (Fsp3) is 0.200. The van der Waals surface area contributed by atoms with Gasteiger partial charge in [-0.15, -0.1) is 0 Å². The van der Waals surface area contributed by atoms with Crippen LogP contribution < -0.4 is 4.74 Å². The molecule has 0 heterocycles. The van der Waals surface area contributed by atoms with Crippen LogP contribution in [-0.4, -0.2) is 31.3 Å². The van der Waals surface area contributed by atoms with Crippen LogP contribution in [0.15, 0.2) is 71.6 Å². The largest absolute Gasteiger partial charge is 0.493 e. The van der Waals surface area contributed by atoms with Crippen LogP contribution in [0.25, 0.3) is 10.8 Å². The number of rotatable bonds is 5. The number of aliphatic hydroxyl groups is 1. The van der Waals surface area contributed by atoms with Gasteiger partial charge >= 0.3 is 0 Å². The number of fused-ring (bicyclic) bond motifs is 1. The normalized spacial score (nSPS) is 10.9. The standard InChI is InChI=1S/C13H14O2.C7H8O3S/c14-8-3-9-15-13-7-6-11-4-1-2-5-12(11)10-13;1-6-2-4-7(5-3-6)11(8,9)10/h1-2,4-7,10,14H,3,8-9H2;2-5H,1H3,(H,8,9,10). The third kappa shape index (κ3) is 6.15. The van der Waals surface area contributed by atoms with Crippen molar-refractivity contribution in [1.29, 1.82) is 0 Å². The summed E-state index contributed by atoms with van der Waals surface area (Å²) in [5.41, 5.74) is 0.956. The Morgan fingerprint density at radius 1 is 0.923 bits per heavy atom. The van der Waals surface area contributed by atoms with Crippen LogP contribution in [0.2, 0.25) is 0 Å². The number of aryl methyl sites for hydroxylation is 1. The van der Waals surface area contributed by atoms with Crippen molar-refractivity contribution in [2.75, 3.05) is 13.2 Å². The van der Waals surface area contributed by atoms with Crippen LogP contribution >= 0.6 is 0 Å². The minimum atomic E-state index is -4.02. The molecule has 0 saturated carbocycles. The highest BCUT2D eigenvalue weighted by Crippen LogP contribution is 2.20. The molecular weight excluding hydrogens is 352 g/mol. The molecule has 26 heavy (non-hydrogen) atoms. The molecule has 0 spiro atoms. The van der Waals surface area contributed by atoms with E-state index in [1.165, 1.54) is 22.9 Å². The van der Waals surface area contributed by atoms with Gasteiger partial charge in [-0.2, -0.15) is 8.42 Å². The Morgan fingerprint density at radius 3 is 2.19 bits per heavy atom. The van der Waals surface area contributed by atoms with E-state index < -0.39 is 10.1 Å². The molecule has 0 aliphatic carbocycles. The molecule has 0 saturated heterocycles. The topological polar surface area (TPSA) is 83.8 Å². The third-order valence-electron chi connectivity index (χ3n) is 3.61. The van der Waals surface area contributed by atoms with Crippen molar-refractivity contribution in [3.05, 3.63) is 72.3 Å². The molecule has 0 aliphatic heterocycles. The lowest BCUT2D eigenvalue weighted by molar-refractivity contribution is 0.234. The molecule has 0 aliphatic rings. The molecule has 2 N–H and O–H groups in total. The predicted molar refractivity (Wildman–Crippen MR) is 102 cm³/mol. The third-order valence-corrected chi connectivity index (χ3v) is 4.48. The summed E-state index contributed by atoms with van der Waals surface area (Å²) < 4.78 is 35.0. The Balaban J connectivity index is 0.000000197. The first-order valence-electron chi connectivity index (χ1n) is 8.17. The molecule has 0 unspecified atom stereocenters. The molecule has 0 amide bonds. The van der Waals surface area contributed by atoms with Crippen LogP contribution in [-0.2, 0) is 10.1 Å². The maximum atomic E-state index is 10.5. The van der Waals surface area contributed by atoms with Crippen molar-refractivity contribution < 1.29 is 22.8 Å². The number of ether oxygens (including phenoxy) is 1. The van der Waals surface area contributed by atoms with Gasteiger partial charge in [0, 0.05) is 13.0 Å². The van der Waals surface area contributed by atoms with Crippen molar-refractivity contribution >= 4 is 20.9 Å². The molecule has 6 heteroatoms. The van der Waals surface area contributed by atoms with Gasteiger partial charge in [0.25, 0.3) is 10.1 Å². The molecule has 0 radical (unpaired) electrons. The van der Waals surface area contributed by atoms with Crippen molar-refractivity contribution in [2.45, 2.75) is 18.2 Å². The van der Waals surface area contributed by atoms with Crippen molar-refractivity contribution in [3.63, 3.8) is 0 Å². The average Bonchev–Trinajstić information content (AvgIpc) is 2.62. The van der Waals surface area contributed by atoms with Crippen LogP contribution in [0.5, 0.6) is 5.75 Å². The van der Waals surface area contributed by atoms with Gasteiger partial charge in [0.05, 0.1) is 11.5 Å². The zero-order valence-corrected chi connectivity index (χ0v) is 15.3. The van der Waals surface area contributed by atoms with E-state index in [0.29, 0.717) is 13.0 Å². The molecule has 3 aromatic carbocycles. The molecule has 3 aromatic rings. The summed E-state index contributed by atoms with van der Waals surface area (Å²) in [6.45, 7) is 2.58. The maximum absolute atomic E-state index is 10.5. The first-order chi connectivity index (χ1) is 12.4. The minimum absolute atomic E-state index is 0.0666. The van der Waals surface area contributed by atoms with Gasteiger partial charge in [-0.3, -0.25) is 4.55 Å². The summed E-state index contributed by atoms with van der Waals surface area (Å²) in [6, 6.07) is 20.2. The fourth-order valence-corrected chi connectivity index (χ4v) is 2.70. The maximum Gasteiger partial charge on any atom is 0.294 e. The minimum Gasteiger partial charge on any atom is -0.493 e. The highest BCUT2D eigenvalue weighted by Gasteiger charge is 2.06. The lowest BCUT2D eigenvalue weighted by Crippen LogP contribution is -1.99. The summed E-state index contributed by atoms with van der Waals surface area (Å²) >= 11 is 0. The fourth-order valence-electron chi connectivity index (χ4n) is 2.22. The second kappa shape index (κ2) is 9.33. The summed E-state index contributed by atoms with van der Waals surface area (Å²) in [6.07, 6.45) is 0.673. The van der Waals surface area contributed by atoms with Crippen LogP contribution in [0.3, 0.4) is 0 Å². The van der Waals surface area contributed by atoms with E-state index in [9.17, 15) is 8.42 Å². The van der Waals surface area contributed by atoms with E-state index in [1.54, 1.807) is 12.1 Å². The Hall–Kier alpha value is -2.41. The number of benzene rings is 3. The van der Waals surface area contributed by atoms with Crippen LogP contribution in [0.1, 0.15) is 12.0 Å². The monoisotopic (exact) mass is 374 g/mol. The molecular formula is C20H22O5S. The van der Waals surface area contributed by atoms with E-state index in [0.717, 1.165) is 11.3 Å². The smallest absolute Gasteiger partial charge is 0.294 e. The van der Waals surface area contributed by atoms with E-state index in [4.69, 9.17) is 14.4 Å². The van der Waals surface area contributed by atoms with Gasteiger partial charge in [-0.25, -0.2) is 0 Å². The molecule has 3 rings (SSSR count). The quantitative estimate of drug-likeness (QED) is 0.524. The SMILES string of the molecule is Cc1ccc(S(=O)(=O)O)cc1.OCCCOc1ccc2ccccc2c1. The van der Waals surface area contributed by atoms with Crippen molar-refractivity contribution in [2.24, 2.45) is 0 Å². The summed E-state index contributed by atoms with van der Waals surface area (Å²) in [5.74, 6) is 0.863. The Morgan fingerprint density at radius 2 is 1.58 bits per heavy atom. The molecule has 0 aromatic heterocycles. The summed E-state index contributed by atoms with van der Waals surface area (Å²) in [4.78, 5) is -0.0666. The highest BCUT2D eigenvalue weighted by atomic mass is 32.2. The molecule has 0 fully saturated rings. The summed E-state index contributed by atoms with van der Waals surface area (Å²) in [5, 5.41) is 11.0. The van der Waals surface area contributed by atoms with Crippen LogP contribution in [0.4, 0.5) is 0 Å². The molecule has 0 bridgehead atoms. The Kier molecular flexibility index (Phi) is 7.15. The molecule has 0 atom stereocenters. The van der Waals surface area contributed by atoms with Gasteiger partial charge in [0.1, 0.15) is 5.75 Å². The first-order valence-corrected chi connectivity index (χ1v) is 9.61. The molecule has 138 valence electrons. The zero-order valence-electron chi connectivity index (χ0n) is 14.5. The van der Waals surface area contributed by atoms with Gasteiger partial charge in [0.2, 0.25) is 0 Å². The lowest BCUT2D eigenvalue weighted by atomic mass is 10.1. The van der Waals surface area contributed by atoms with E-state index in [2.05, 4.69) is 12.1 Å².